The van der Waals surface area contributed by atoms with Gasteiger partial charge in [0.2, 0.25) is 0 Å². The lowest BCUT2D eigenvalue weighted by Gasteiger charge is -2.17. The van der Waals surface area contributed by atoms with E-state index in [9.17, 15) is 0 Å². The SMILES string of the molecule is CC(CN)COC1CCN(Cc2ccccc2)C1. The van der Waals surface area contributed by atoms with Crippen LogP contribution in [-0.2, 0) is 11.3 Å². The van der Waals surface area contributed by atoms with Crippen molar-refractivity contribution in [2.75, 3.05) is 26.2 Å². The van der Waals surface area contributed by atoms with Gasteiger partial charge in [0.25, 0.3) is 0 Å². The molecule has 2 N–H and O–H groups in total. The summed E-state index contributed by atoms with van der Waals surface area (Å²) < 4.78 is 5.90. The summed E-state index contributed by atoms with van der Waals surface area (Å²) in [4.78, 5) is 2.47. The van der Waals surface area contributed by atoms with Gasteiger partial charge in [0, 0.05) is 19.6 Å². The molecule has 0 spiro atoms. The average Bonchev–Trinajstić information content (AvgIpc) is 2.85. The fourth-order valence-electron chi connectivity index (χ4n) is 2.29. The number of hydrogen-bond donors (Lipinski definition) is 1. The highest BCUT2D eigenvalue weighted by Crippen LogP contribution is 2.16. The van der Waals surface area contributed by atoms with Crippen LogP contribution in [0.4, 0.5) is 0 Å². The molecule has 0 aromatic heterocycles. The van der Waals surface area contributed by atoms with Gasteiger partial charge in [-0.25, -0.2) is 0 Å². The van der Waals surface area contributed by atoms with Crippen molar-refractivity contribution >= 4 is 0 Å². The van der Waals surface area contributed by atoms with Crippen molar-refractivity contribution in [1.82, 2.24) is 4.90 Å². The van der Waals surface area contributed by atoms with Crippen molar-refractivity contribution in [3.63, 3.8) is 0 Å². The summed E-state index contributed by atoms with van der Waals surface area (Å²) in [5.41, 5.74) is 6.98. The Kier molecular flexibility index (Phi) is 5.17. The van der Waals surface area contributed by atoms with E-state index in [1.54, 1.807) is 0 Å². The lowest BCUT2D eigenvalue weighted by Crippen LogP contribution is -2.25. The number of benzene rings is 1. The molecule has 18 heavy (non-hydrogen) atoms. The summed E-state index contributed by atoms with van der Waals surface area (Å²) in [6.45, 7) is 6.85. The van der Waals surface area contributed by atoms with Crippen molar-refractivity contribution < 1.29 is 4.74 Å². The first kappa shape index (κ1) is 13.5. The second kappa shape index (κ2) is 6.88. The van der Waals surface area contributed by atoms with E-state index < -0.39 is 0 Å². The Morgan fingerprint density at radius 2 is 2.17 bits per heavy atom. The third kappa shape index (κ3) is 4.09. The molecule has 1 fully saturated rings. The zero-order valence-electron chi connectivity index (χ0n) is 11.2. The van der Waals surface area contributed by atoms with Crippen LogP contribution in [-0.4, -0.2) is 37.2 Å². The van der Waals surface area contributed by atoms with Crippen LogP contribution in [0.3, 0.4) is 0 Å². The highest BCUT2D eigenvalue weighted by Gasteiger charge is 2.23. The van der Waals surface area contributed by atoms with E-state index in [-0.39, 0.29) is 0 Å². The Labute approximate surface area is 110 Å². The smallest absolute Gasteiger partial charge is 0.0714 e. The third-order valence-electron chi connectivity index (χ3n) is 3.50. The van der Waals surface area contributed by atoms with Crippen LogP contribution in [0.2, 0.25) is 0 Å². The molecule has 0 radical (unpaired) electrons. The summed E-state index contributed by atoms with van der Waals surface area (Å²) in [6.07, 6.45) is 1.53. The maximum atomic E-state index is 5.90. The molecule has 0 bridgehead atoms. The number of nitrogens with two attached hydrogens (primary N) is 1. The van der Waals surface area contributed by atoms with E-state index in [2.05, 4.69) is 42.2 Å². The van der Waals surface area contributed by atoms with Crippen molar-refractivity contribution in [3.05, 3.63) is 35.9 Å². The predicted molar refractivity (Wildman–Crippen MR) is 74.3 cm³/mol. The van der Waals surface area contributed by atoms with Crippen LogP contribution < -0.4 is 5.73 Å². The van der Waals surface area contributed by atoms with Crippen LogP contribution in [0.5, 0.6) is 0 Å². The first-order valence-corrected chi connectivity index (χ1v) is 6.86. The van der Waals surface area contributed by atoms with Crippen molar-refractivity contribution in [2.45, 2.75) is 26.0 Å². The summed E-state index contributed by atoms with van der Waals surface area (Å²) in [5.74, 6) is 0.466. The fourth-order valence-corrected chi connectivity index (χ4v) is 2.29. The molecule has 3 nitrogen and oxygen atoms in total. The molecule has 100 valence electrons. The topological polar surface area (TPSA) is 38.5 Å². The van der Waals surface area contributed by atoms with Crippen LogP contribution in [0, 0.1) is 5.92 Å². The van der Waals surface area contributed by atoms with Gasteiger partial charge in [-0.3, -0.25) is 4.90 Å². The third-order valence-corrected chi connectivity index (χ3v) is 3.50. The second-order valence-electron chi connectivity index (χ2n) is 5.31. The molecule has 1 saturated heterocycles. The molecule has 1 aliphatic heterocycles. The predicted octanol–water partition coefficient (Wildman–Crippen LogP) is 1.87. The molecule has 0 aliphatic carbocycles. The minimum atomic E-state index is 0.391. The van der Waals surface area contributed by atoms with Crippen LogP contribution in [0.15, 0.2) is 30.3 Å². The molecule has 1 aromatic carbocycles. The van der Waals surface area contributed by atoms with E-state index in [0.29, 0.717) is 18.6 Å². The fraction of sp³-hybridized carbons (Fsp3) is 0.600. The average molecular weight is 248 g/mol. The van der Waals surface area contributed by atoms with Gasteiger partial charge in [0.05, 0.1) is 12.7 Å². The molecule has 1 aromatic rings. The molecule has 2 atom stereocenters. The minimum absolute atomic E-state index is 0.391. The number of nitrogens with zero attached hydrogens (tertiary/aromatic N) is 1. The normalized spacial score (nSPS) is 22.2. The Morgan fingerprint density at radius 3 is 2.89 bits per heavy atom. The van der Waals surface area contributed by atoms with Gasteiger partial charge in [-0.1, -0.05) is 37.3 Å². The van der Waals surface area contributed by atoms with Gasteiger partial charge in [0.15, 0.2) is 0 Å². The van der Waals surface area contributed by atoms with Gasteiger partial charge in [-0.2, -0.15) is 0 Å². The summed E-state index contributed by atoms with van der Waals surface area (Å²) in [5, 5.41) is 0. The largest absolute Gasteiger partial charge is 0.377 e. The van der Waals surface area contributed by atoms with Crippen LogP contribution >= 0.6 is 0 Å². The Hall–Kier alpha value is -0.900. The molecule has 2 unspecified atom stereocenters. The van der Waals surface area contributed by atoms with Gasteiger partial charge in [-0.15, -0.1) is 0 Å². The van der Waals surface area contributed by atoms with E-state index in [4.69, 9.17) is 10.5 Å². The van der Waals surface area contributed by atoms with Gasteiger partial charge >= 0.3 is 0 Å². The molecule has 3 heteroatoms. The van der Waals surface area contributed by atoms with E-state index in [0.717, 1.165) is 32.7 Å². The first-order chi connectivity index (χ1) is 8.78. The summed E-state index contributed by atoms with van der Waals surface area (Å²) >= 11 is 0. The zero-order chi connectivity index (χ0) is 12.8. The van der Waals surface area contributed by atoms with Crippen LogP contribution in [0.25, 0.3) is 0 Å². The van der Waals surface area contributed by atoms with E-state index in [1.807, 2.05) is 0 Å². The second-order valence-corrected chi connectivity index (χ2v) is 5.31. The van der Waals surface area contributed by atoms with Crippen molar-refractivity contribution in [3.8, 4) is 0 Å². The molecule has 0 saturated carbocycles. The first-order valence-electron chi connectivity index (χ1n) is 6.86. The Balaban J connectivity index is 1.72. The van der Waals surface area contributed by atoms with Gasteiger partial charge in [0.1, 0.15) is 0 Å². The zero-order valence-corrected chi connectivity index (χ0v) is 11.2. The highest BCUT2D eigenvalue weighted by atomic mass is 16.5. The number of hydrogen-bond acceptors (Lipinski definition) is 3. The molecule has 1 heterocycles. The van der Waals surface area contributed by atoms with Gasteiger partial charge in [-0.05, 0) is 24.4 Å². The van der Waals surface area contributed by atoms with E-state index >= 15 is 0 Å². The Morgan fingerprint density at radius 1 is 1.39 bits per heavy atom. The summed E-state index contributed by atoms with van der Waals surface area (Å²) in [6, 6.07) is 10.6. The van der Waals surface area contributed by atoms with E-state index in [1.165, 1.54) is 5.56 Å². The monoisotopic (exact) mass is 248 g/mol. The van der Waals surface area contributed by atoms with Crippen molar-refractivity contribution in [1.29, 1.82) is 0 Å². The highest BCUT2D eigenvalue weighted by molar-refractivity contribution is 5.14. The standard InChI is InChI=1S/C15H24N2O/c1-13(9-16)12-18-15-7-8-17(11-15)10-14-5-3-2-4-6-14/h2-6,13,15H,7-12,16H2,1H3. The van der Waals surface area contributed by atoms with Crippen LogP contribution in [0.1, 0.15) is 18.9 Å². The summed E-state index contributed by atoms with van der Waals surface area (Å²) in [7, 11) is 0. The number of ether oxygens (including phenoxy) is 1. The Bertz CT molecular complexity index is 342. The molecule has 0 amide bonds. The van der Waals surface area contributed by atoms with Gasteiger partial charge < -0.3 is 10.5 Å². The maximum Gasteiger partial charge on any atom is 0.0714 e. The number of likely N-dealkylation sites (tertiary alicyclic amines) is 1. The quantitative estimate of drug-likeness (QED) is 0.835. The maximum absolute atomic E-state index is 5.90. The molecular weight excluding hydrogens is 224 g/mol. The number of rotatable bonds is 6. The lowest BCUT2D eigenvalue weighted by atomic mass is 10.2. The van der Waals surface area contributed by atoms with Crippen molar-refractivity contribution in [2.24, 2.45) is 11.7 Å². The lowest BCUT2D eigenvalue weighted by molar-refractivity contribution is 0.0394. The minimum Gasteiger partial charge on any atom is -0.377 e. The molecule has 2 rings (SSSR count). The molecular formula is C15H24N2O. The molecule has 1 aliphatic rings.